The summed E-state index contributed by atoms with van der Waals surface area (Å²) in [6, 6.07) is 0.543. The number of hydrogen-bond acceptors (Lipinski definition) is 4. The molecule has 4 nitrogen and oxygen atoms in total. The normalized spacial score (nSPS) is 24.6. The third-order valence-electron chi connectivity index (χ3n) is 4.34. The van der Waals surface area contributed by atoms with Crippen LogP contribution in [0.5, 0.6) is 0 Å². The third kappa shape index (κ3) is 3.06. The number of likely N-dealkylation sites (N-methyl/N-ethyl adjacent to an activating group) is 1. The van der Waals surface area contributed by atoms with Gasteiger partial charge in [0.05, 0.1) is 0 Å². The van der Waals surface area contributed by atoms with Crippen LogP contribution in [-0.4, -0.2) is 41.0 Å². The van der Waals surface area contributed by atoms with Gasteiger partial charge in [0, 0.05) is 23.8 Å². The van der Waals surface area contributed by atoms with Gasteiger partial charge < -0.3 is 10.2 Å². The van der Waals surface area contributed by atoms with Crippen molar-refractivity contribution in [3.05, 3.63) is 17.6 Å². The van der Waals surface area contributed by atoms with E-state index in [1.54, 1.807) is 6.33 Å². The van der Waals surface area contributed by atoms with Gasteiger partial charge in [-0.15, -0.1) is 0 Å². The molecule has 1 N–H and O–H groups in total. The van der Waals surface area contributed by atoms with Gasteiger partial charge in [0.25, 0.3) is 0 Å². The van der Waals surface area contributed by atoms with E-state index in [1.807, 2.05) is 0 Å². The lowest BCUT2D eigenvalue weighted by Crippen LogP contribution is -2.40. The molecule has 1 saturated heterocycles. The van der Waals surface area contributed by atoms with Crippen LogP contribution in [0.2, 0.25) is 0 Å². The van der Waals surface area contributed by atoms with Crippen LogP contribution in [0.15, 0.2) is 6.33 Å². The van der Waals surface area contributed by atoms with Gasteiger partial charge in [-0.25, -0.2) is 9.97 Å². The predicted molar refractivity (Wildman–Crippen MR) is 77.4 cm³/mol. The number of hydrogen-bond donors (Lipinski definition) is 1. The molecule has 0 spiro atoms. The van der Waals surface area contributed by atoms with Crippen LogP contribution in [0.1, 0.15) is 43.4 Å². The summed E-state index contributed by atoms with van der Waals surface area (Å²) < 4.78 is 0. The van der Waals surface area contributed by atoms with Gasteiger partial charge in [0.2, 0.25) is 0 Å². The van der Waals surface area contributed by atoms with Gasteiger partial charge in [0.15, 0.2) is 0 Å². The Morgan fingerprint density at radius 1 is 1.16 bits per heavy atom. The molecule has 1 aromatic heterocycles. The molecule has 104 valence electrons. The summed E-state index contributed by atoms with van der Waals surface area (Å²) in [6.45, 7) is 2.35. The summed E-state index contributed by atoms with van der Waals surface area (Å²) in [7, 11) is 2.20. The zero-order chi connectivity index (χ0) is 13.1. The minimum absolute atomic E-state index is 0.543. The van der Waals surface area contributed by atoms with Crippen LogP contribution in [0.25, 0.3) is 0 Å². The van der Waals surface area contributed by atoms with Gasteiger partial charge in [0.1, 0.15) is 12.1 Å². The molecule has 1 aliphatic heterocycles. The molecule has 1 aromatic rings. The average Bonchev–Trinajstić information content (AvgIpc) is 2.65. The lowest BCUT2D eigenvalue weighted by molar-refractivity contribution is 0.260. The number of fused-ring (bicyclic) bond motifs is 1. The molecule has 0 saturated carbocycles. The fraction of sp³-hybridized carbons (Fsp3) is 0.733. The monoisotopic (exact) mass is 260 g/mol. The highest BCUT2D eigenvalue weighted by atomic mass is 15.2. The van der Waals surface area contributed by atoms with E-state index in [0.717, 1.165) is 25.2 Å². The number of anilines is 1. The Hall–Kier alpha value is -1.16. The second kappa shape index (κ2) is 5.87. The number of nitrogens with zero attached hydrogens (tertiary/aromatic N) is 3. The molecule has 0 radical (unpaired) electrons. The molecule has 0 aromatic carbocycles. The Labute approximate surface area is 115 Å². The second-order valence-electron chi connectivity index (χ2n) is 5.95. The summed E-state index contributed by atoms with van der Waals surface area (Å²) in [5.41, 5.74) is 2.66. The second-order valence-corrected chi connectivity index (χ2v) is 5.95. The van der Waals surface area contributed by atoms with Gasteiger partial charge >= 0.3 is 0 Å². The molecule has 2 aliphatic rings. The standard InChI is InChI=1S/C15H24N4/c1-19-9-5-6-12(10-19)18-15-13-7-3-2-4-8-14(13)16-11-17-15/h11-12H,2-10H2,1H3,(H,16,17,18). The number of likely N-dealkylation sites (tertiary alicyclic amines) is 1. The van der Waals surface area contributed by atoms with E-state index in [2.05, 4.69) is 27.2 Å². The molecule has 4 heteroatoms. The highest BCUT2D eigenvalue weighted by Crippen LogP contribution is 2.25. The molecule has 1 atom stereocenters. The first-order valence-electron chi connectivity index (χ1n) is 7.61. The zero-order valence-electron chi connectivity index (χ0n) is 11.9. The summed E-state index contributed by atoms with van der Waals surface area (Å²) >= 11 is 0. The maximum atomic E-state index is 4.51. The van der Waals surface area contributed by atoms with Crippen LogP contribution >= 0.6 is 0 Å². The van der Waals surface area contributed by atoms with Crippen molar-refractivity contribution in [2.45, 2.75) is 51.0 Å². The molecule has 19 heavy (non-hydrogen) atoms. The largest absolute Gasteiger partial charge is 0.366 e. The van der Waals surface area contributed by atoms with Crippen molar-refractivity contribution in [3.63, 3.8) is 0 Å². The van der Waals surface area contributed by atoms with Crippen molar-refractivity contribution in [2.75, 3.05) is 25.5 Å². The van der Waals surface area contributed by atoms with Gasteiger partial charge in [-0.1, -0.05) is 6.42 Å². The van der Waals surface area contributed by atoms with Gasteiger partial charge in [-0.3, -0.25) is 0 Å². The number of aryl methyl sites for hydroxylation is 1. The SMILES string of the molecule is CN1CCCC(Nc2ncnc3c2CCCCC3)C1. The number of rotatable bonds is 2. The Bertz CT molecular complexity index is 432. The van der Waals surface area contributed by atoms with Gasteiger partial charge in [-0.2, -0.15) is 0 Å². The maximum absolute atomic E-state index is 4.51. The Morgan fingerprint density at radius 3 is 2.95 bits per heavy atom. The average molecular weight is 260 g/mol. The molecule has 1 unspecified atom stereocenters. The van der Waals surface area contributed by atoms with Crippen molar-refractivity contribution in [3.8, 4) is 0 Å². The van der Waals surface area contributed by atoms with Crippen LogP contribution in [0, 0.1) is 0 Å². The highest BCUT2D eigenvalue weighted by Gasteiger charge is 2.20. The van der Waals surface area contributed by atoms with E-state index in [0.29, 0.717) is 6.04 Å². The van der Waals surface area contributed by atoms with Crippen molar-refractivity contribution in [1.82, 2.24) is 14.9 Å². The number of nitrogens with one attached hydrogen (secondary N) is 1. The molecule has 0 amide bonds. The Kier molecular flexibility index (Phi) is 3.97. The van der Waals surface area contributed by atoms with Crippen molar-refractivity contribution in [1.29, 1.82) is 0 Å². The zero-order valence-corrected chi connectivity index (χ0v) is 11.9. The summed E-state index contributed by atoms with van der Waals surface area (Å²) in [5, 5.41) is 3.67. The van der Waals surface area contributed by atoms with Crippen LogP contribution in [-0.2, 0) is 12.8 Å². The summed E-state index contributed by atoms with van der Waals surface area (Å²) in [4.78, 5) is 11.4. The van der Waals surface area contributed by atoms with Crippen molar-refractivity contribution < 1.29 is 0 Å². The maximum Gasteiger partial charge on any atom is 0.133 e. The summed E-state index contributed by atoms with van der Waals surface area (Å²) in [5.74, 6) is 1.10. The third-order valence-corrected chi connectivity index (χ3v) is 4.34. The van der Waals surface area contributed by atoms with E-state index < -0.39 is 0 Å². The van der Waals surface area contributed by atoms with Crippen LogP contribution < -0.4 is 5.32 Å². The molecule has 0 bridgehead atoms. The lowest BCUT2D eigenvalue weighted by atomic mass is 10.0. The minimum atomic E-state index is 0.543. The number of piperidine rings is 1. The van der Waals surface area contributed by atoms with E-state index in [9.17, 15) is 0 Å². The van der Waals surface area contributed by atoms with Gasteiger partial charge in [-0.05, 0) is 52.1 Å². The first-order chi connectivity index (χ1) is 9.33. The topological polar surface area (TPSA) is 41.0 Å². The Balaban J connectivity index is 1.77. The fourth-order valence-corrected chi connectivity index (χ4v) is 3.30. The fourth-order valence-electron chi connectivity index (χ4n) is 3.30. The predicted octanol–water partition coefficient (Wildman–Crippen LogP) is 2.25. The quantitative estimate of drug-likeness (QED) is 0.828. The lowest BCUT2D eigenvalue weighted by Gasteiger charge is -2.31. The highest BCUT2D eigenvalue weighted by molar-refractivity contribution is 5.47. The number of aromatic nitrogens is 2. The minimum Gasteiger partial charge on any atom is -0.366 e. The van der Waals surface area contributed by atoms with E-state index in [1.165, 1.54) is 49.9 Å². The van der Waals surface area contributed by atoms with Crippen LogP contribution in [0.4, 0.5) is 5.82 Å². The van der Waals surface area contributed by atoms with Crippen molar-refractivity contribution in [2.24, 2.45) is 0 Å². The Morgan fingerprint density at radius 2 is 2.05 bits per heavy atom. The van der Waals surface area contributed by atoms with Crippen LogP contribution in [0.3, 0.4) is 0 Å². The molecular formula is C15H24N4. The smallest absolute Gasteiger partial charge is 0.133 e. The van der Waals surface area contributed by atoms with E-state index in [-0.39, 0.29) is 0 Å². The molecule has 3 rings (SSSR count). The van der Waals surface area contributed by atoms with Crippen molar-refractivity contribution >= 4 is 5.82 Å². The molecular weight excluding hydrogens is 236 g/mol. The first kappa shape index (κ1) is 12.9. The molecule has 1 fully saturated rings. The molecule has 2 heterocycles. The molecule has 1 aliphatic carbocycles. The first-order valence-corrected chi connectivity index (χ1v) is 7.61. The van der Waals surface area contributed by atoms with E-state index >= 15 is 0 Å². The van der Waals surface area contributed by atoms with E-state index in [4.69, 9.17) is 0 Å². The summed E-state index contributed by atoms with van der Waals surface area (Å²) in [6.07, 6.45) is 10.4.